The van der Waals surface area contributed by atoms with Crippen molar-refractivity contribution in [1.29, 1.82) is 0 Å². The summed E-state index contributed by atoms with van der Waals surface area (Å²) in [5.41, 5.74) is 5.17. The molecular weight excluding hydrogens is 236 g/mol. The molecule has 1 atom stereocenters. The lowest BCUT2D eigenvalue weighted by Crippen LogP contribution is -2.24. The minimum atomic E-state index is 0.289. The Hall–Kier alpha value is -1.61. The van der Waals surface area contributed by atoms with Crippen LogP contribution in [0.4, 0.5) is 0 Å². The first-order chi connectivity index (χ1) is 9.22. The number of ether oxygens (including phenoxy) is 1. The lowest BCUT2D eigenvalue weighted by Gasteiger charge is -2.32. The third kappa shape index (κ3) is 2.30. The van der Waals surface area contributed by atoms with Gasteiger partial charge in [-0.1, -0.05) is 13.0 Å². The molecule has 0 fully saturated rings. The number of H-pyrrole nitrogens is 1. The van der Waals surface area contributed by atoms with E-state index in [0.717, 1.165) is 30.5 Å². The second-order valence-corrected chi connectivity index (χ2v) is 5.78. The van der Waals surface area contributed by atoms with E-state index >= 15 is 0 Å². The third-order valence-electron chi connectivity index (χ3n) is 4.11. The van der Waals surface area contributed by atoms with E-state index in [1.807, 2.05) is 12.3 Å². The maximum atomic E-state index is 5.33. The fraction of sp³-hybridized carbons (Fsp3) is 0.438. The van der Waals surface area contributed by atoms with Crippen LogP contribution in [0.2, 0.25) is 0 Å². The zero-order chi connectivity index (χ0) is 13.3. The number of nitrogens with zero attached hydrogens (tertiary/aromatic N) is 1. The van der Waals surface area contributed by atoms with Crippen molar-refractivity contribution in [2.75, 3.05) is 13.7 Å². The number of nitrogens with one attached hydrogen (secondary N) is 1. The molecule has 100 valence electrons. The second kappa shape index (κ2) is 4.82. The molecular formula is C16H20N2O. The first-order valence-electron chi connectivity index (χ1n) is 6.82. The van der Waals surface area contributed by atoms with Crippen LogP contribution >= 0.6 is 0 Å². The molecule has 0 amide bonds. The summed E-state index contributed by atoms with van der Waals surface area (Å²) in [6.45, 7) is 3.14. The Morgan fingerprint density at radius 3 is 3.11 bits per heavy atom. The average Bonchev–Trinajstić information content (AvgIpc) is 2.84. The van der Waals surface area contributed by atoms with E-state index in [9.17, 15) is 0 Å². The minimum absolute atomic E-state index is 0.289. The molecule has 0 aromatic carbocycles. The molecule has 1 aliphatic rings. The van der Waals surface area contributed by atoms with Gasteiger partial charge in [-0.2, -0.15) is 0 Å². The molecule has 1 aliphatic carbocycles. The van der Waals surface area contributed by atoms with Crippen LogP contribution in [-0.2, 0) is 4.74 Å². The van der Waals surface area contributed by atoms with Gasteiger partial charge < -0.3 is 9.72 Å². The lowest BCUT2D eigenvalue weighted by molar-refractivity contribution is 0.0860. The third-order valence-corrected chi connectivity index (χ3v) is 4.11. The smallest absolute Gasteiger partial charge is 0.0953 e. The fourth-order valence-electron chi connectivity index (χ4n) is 2.93. The first kappa shape index (κ1) is 12.4. The second-order valence-electron chi connectivity index (χ2n) is 5.78. The van der Waals surface area contributed by atoms with Crippen LogP contribution in [-0.4, -0.2) is 23.7 Å². The predicted octanol–water partition coefficient (Wildman–Crippen LogP) is 3.78. The Labute approximate surface area is 113 Å². The summed E-state index contributed by atoms with van der Waals surface area (Å²) in [6, 6.07) is 4.04. The number of aromatic nitrogens is 2. The molecule has 1 N–H and O–H groups in total. The normalized spacial score (nSPS) is 23.6. The summed E-state index contributed by atoms with van der Waals surface area (Å²) in [5, 5.41) is 0. The molecule has 2 aromatic rings. The molecule has 1 unspecified atom stereocenters. The van der Waals surface area contributed by atoms with Gasteiger partial charge in [-0.05, 0) is 42.4 Å². The highest BCUT2D eigenvalue weighted by Crippen LogP contribution is 2.39. The van der Waals surface area contributed by atoms with E-state index in [2.05, 4.69) is 35.2 Å². The van der Waals surface area contributed by atoms with Gasteiger partial charge in [0.05, 0.1) is 17.6 Å². The number of hydrogen-bond donors (Lipinski definition) is 1. The van der Waals surface area contributed by atoms with Crippen molar-refractivity contribution >= 4 is 16.6 Å². The van der Waals surface area contributed by atoms with Crippen LogP contribution in [0, 0.1) is 5.41 Å². The van der Waals surface area contributed by atoms with Gasteiger partial charge in [0.15, 0.2) is 0 Å². The quantitative estimate of drug-likeness (QED) is 0.907. The van der Waals surface area contributed by atoms with E-state index in [4.69, 9.17) is 4.74 Å². The molecule has 0 aliphatic heterocycles. The van der Waals surface area contributed by atoms with Gasteiger partial charge in [0.1, 0.15) is 0 Å². The topological polar surface area (TPSA) is 37.9 Å². The molecule has 19 heavy (non-hydrogen) atoms. The van der Waals surface area contributed by atoms with Gasteiger partial charge in [-0.25, -0.2) is 0 Å². The summed E-state index contributed by atoms with van der Waals surface area (Å²) >= 11 is 0. The van der Waals surface area contributed by atoms with E-state index in [-0.39, 0.29) is 5.41 Å². The maximum absolute atomic E-state index is 5.33. The van der Waals surface area contributed by atoms with Crippen molar-refractivity contribution < 1.29 is 4.74 Å². The van der Waals surface area contributed by atoms with Gasteiger partial charge in [-0.15, -0.1) is 0 Å². The number of aromatic amines is 1. The van der Waals surface area contributed by atoms with E-state index in [1.165, 1.54) is 17.6 Å². The summed E-state index contributed by atoms with van der Waals surface area (Å²) < 4.78 is 5.33. The Morgan fingerprint density at radius 2 is 2.37 bits per heavy atom. The van der Waals surface area contributed by atoms with Crippen molar-refractivity contribution in [2.24, 2.45) is 5.41 Å². The average molecular weight is 256 g/mol. The zero-order valence-electron chi connectivity index (χ0n) is 11.6. The highest BCUT2D eigenvalue weighted by atomic mass is 16.5. The molecule has 0 saturated heterocycles. The van der Waals surface area contributed by atoms with Crippen LogP contribution in [0.3, 0.4) is 0 Å². The van der Waals surface area contributed by atoms with E-state index in [1.54, 1.807) is 7.11 Å². The van der Waals surface area contributed by atoms with E-state index in [0.29, 0.717) is 0 Å². The van der Waals surface area contributed by atoms with Gasteiger partial charge >= 0.3 is 0 Å². The number of methoxy groups -OCH3 is 1. The van der Waals surface area contributed by atoms with Gasteiger partial charge in [0.2, 0.25) is 0 Å². The van der Waals surface area contributed by atoms with Crippen molar-refractivity contribution in [2.45, 2.75) is 26.2 Å². The van der Waals surface area contributed by atoms with Crippen LogP contribution < -0.4 is 0 Å². The first-order valence-corrected chi connectivity index (χ1v) is 6.82. The van der Waals surface area contributed by atoms with Crippen LogP contribution in [0.5, 0.6) is 0 Å². The fourth-order valence-corrected chi connectivity index (χ4v) is 2.93. The molecule has 0 spiro atoms. The molecule has 3 nitrogen and oxygen atoms in total. The Kier molecular flexibility index (Phi) is 3.15. The van der Waals surface area contributed by atoms with E-state index < -0.39 is 0 Å². The highest BCUT2D eigenvalue weighted by molar-refractivity contribution is 5.89. The standard InChI is InChI=1S/C16H20N2O/c1-16(11-19-2)7-5-12(6-8-16)13-10-18-14-4-3-9-17-15(13)14/h3-5,9-10,18H,6-8,11H2,1-2H3. The van der Waals surface area contributed by atoms with Crippen LogP contribution in [0.15, 0.2) is 30.6 Å². The van der Waals surface area contributed by atoms with Crippen molar-refractivity contribution in [1.82, 2.24) is 9.97 Å². The molecule has 2 heterocycles. The SMILES string of the molecule is COCC1(C)CC=C(c2c[nH]c3cccnc23)CC1. The van der Waals surface area contributed by atoms with Crippen LogP contribution in [0.1, 0.15) is 31.7 Å². The highest BCUT2D eigenvalue weighted by Gasteiger charge is 2.27. The molecule has 3 rings (SSSR count). The van der Waals surface area contributed by atoms with Crippen LogP contribution in [0.25, 0.3) is 16.6 Å². The monoisotopic (exact) mass is 256 g/mol. The molecule has 0 saturated carbocycles. The summed E-state index contributed by atoms with van der Waals surface area (Å²) in [5.74, 6) is 0. The lowest BCUT2D eigenvalue weighted by atomic mass is 9.76. The van der Waals surface area contributed by atoms with Gasteiger partial charge in [0.25, 0.3) is 0 Å². The van der Waals surface area contributed by atoms with Gasteiger partial charge in [0, 0.05) is 25.1 Å². The Bertz CT molecular complexity index is 614. The van der Waals surface area contributed by atoms with Crippen molar-refractivity contribution in [3.8, 4) is 0 Å². The molecule has 0 bridgehead atoms. The van der Waals surface area contributed by atoms with Crippen molar-refractivity contribution in [3.05, 3.63) is 36.2 Å². The number of allylic oxidation sites excluding steroid dienone is 2. The zero-order valence-corrected chi connectivity index (χ0v) is 11.6. The van der Waals surface area contributed by atoms with Crippen molar-refractivity contribution in [3.63, 3.8) is 0 Å². The molecule has 3 heteroatoms. The molecule has 0 radical (unpaired) electrons. The summed E-state index contributed by atoms with van der Waals surface area (Å²) in [4.78, 5) is 7.80. The minimum Gasteiger partial charge on any atom is -0.384 e. The largest absolute Gasteiger partial charge is 0.384 e. The number of fused-ring (bicyclic) bond motifs is 1. The number of rotatable bonds is 3. The maximum Gasteiger partial charge on any atom is 0.0953 e. The number of pyridine rings is 1. The Balaban J connectivity index is 1.90. The number of hydrogen-bond acceptors (Lipinski definition) is 2. The summed E-state index contributed by atoms with van der Waals surface area (Å²) in [7, 11) is 1.79. The predicted molar refractivity (Wildman–Crippen MR) is 77.9 cm³/mol. The van der Waals surface area contributed by atoms with Gasteiger partial charge in [-0.3, -0.25) is 4.98 Å². The molecule has 2 aromatic heterocycles. The Morgan fingerprint density at radius 1 is 1.47 bits per heavy atom. The summed E-state index contributed by atoms with van der Waals surface area (Å²) in [6.07, 6.45) is 9.66.